The van der Waals surface area contributed by atoms with Crippen LogP contribution < -0.4 is 10.6 Å². The monoisotopic (exact) mass is 274 g/mol. The van der Waals surface area contributed by atoms with E-state index in [9.17, 15) is 4.39 Å². The molecule has 0 unspecified atom stereocenters. The number of hydrogen-bond donors (Lipinski definition) is 2. The van der Waals surface area contributed by atoms with Crippen molar-refractivity contribution in [3.63, 3.8) is 0 Å². The van der Waals surface area contributed by atoms with Gasteiger partial charge >= 0.3 is 0 Å². The fourth-order valence-corrected chi connectivity index (χ4v) is 1.83. The van der Waals surface area contributed by atoms with E-state index >= 15 is 0 Å². The number of hydrogen-bond acceptors (Lipinski definition) is 4. The second kappa shape index (κ2) is 7.43. The van der Waals surface area contributed by atoms with Gasteiger partial charge in [0.05, 0.1) is 0 Å². The SMILES string of the molecule is CCCNc1cc(NCCc2cccc(F)c2)ncn1. The first-order valence-corrected chi connectivity index (χ1v) is 6.82. The summed E-state index contributed by atoms with van der Waals surface area (Å²) < 4.78 is 13.0. The highest BCUT2D eigenvalue weighted by Gasteiger charge is 1.99. The molecular formula is C15H19FN4. The highest BCUT2D eigenvalue weighted by molar-refractivity contribution is 5.46. The van der Waals surface area contributed by atoms with Gasteiger partial charge in [0.2, 0.25) is 0 Å². The summed E-state index contributed by atoms with van der Waals surface area (Å²) in [6.45, 7) is 3.69. The summed E-state index contributed by atoms with van der Waals surface area (Å²) in [6.07, 6.45) is 3.33. The van der Waals surface area contributed by atoms with Crippen LogP contribution in [-0.2, 0) is 6.42 Å². The van der Waals surface area contributed by atoms with Crippen molar-refractivity contribution in [1.29, 1.82) is 0 Å². The van der Waals surface area contributed by atoms with Gasteiger partial charge < -0.3 is 10.6 Å². The van der Waals surface area contributed by atoms with Crippen molar-refractivity contribution in [3.05, 3.63) is 48.0 Å². The zero-order chi connectivity index (χ0) is 14.2. The van der Waals surface area contributed by atoms with E-state index in [-0.39, 0.29) is 5.82 Å². The van der Waals surface area contributed by atoms with Crippen LogP contribution in [0.3, 0.4) is 0 Å². The van der Waals surface area contributed by atoms with E-state index in [1.165, 1.54) is 12.4 Å². The van der Waals surface area contributed by atoms with Gasteiger partial charge in [0.15, 0.2) is 0 Å². The minimum Gasteiger partial charge on any atom is -0.370 e. The van der Waals surface area contributed by atoms with E-state index < -0.39 is 0 Å². The van der Waals surface area contributed by atoms with Crippen molar-refractivity contribution in [1.82, 2.24) is 9.97 Å². The smallest absolute Gasteiger partial charge is 0.131 e. The van der Waals surface area contributed by atoms with Crippen molar-refractivity contribution in [2.45, 2.75) is 19.8 Å². The van der Waals surface area contributed by atoms with Crippen LogP contribution in [-0.4, -0.2) is 23.1 Å². The number of benzene rings is 1. The summed E-state index contributed by atoms with van der Waals surface area (Å²) in [6, 6.07) is 8.52. The molecule has 0 fully saturated rings. The topological polar surface area (TPSA) is 49.8 Å². The Hall–Kier alpha value is -2.17. The van der Waals surface area contributed by atoms with Gasteiger partial charge in [-0.2, -0.15) is 0 Å². The number of rotatable bonds is 7. The van der Waals surface area contributed by atoms with Crippen molar-refractivity contribution < 1.29 is 4.39 Å². The summed E-state index contributed by atoms with van der Waals surface area (Å²) in [4.78, 5) is 8.30. The van der Waals surface area contributed by atoms with Crippen LogP contribution in [0.2, 0.25) is 0 Å². The largest absolute Gasteiger partial charge is 0.370 e. The average Bonchev–Trinajstić information content (AvgIpc) is 2.46. The van der Waals surface area contributed by atoms with Gasteiger partial charge in [-0.1, -0.05) is 19.1 Å². The molecule has 1 heterocycles. The number of anilines is 2. The Morgan fingerprint density at radius 3 is 2.50 bits per heavy atom. The van der Waals surface area contributed by atoms with Crippen LogP contribution >= 0.6 is 0 Å². The molecule has 2 N–H and O–H groups in total. The maximum absolute atomic E-state index is 13.0. The fourth-order valence-electron chi connectivity index (χ4n) is 1.83. The number of nitrogens with zero attached hydrogens (tertiary/aromatic N) is 2. The Labute approximate surface area is 118 Å². The summed E-state index contributed by atoms with van der Waals surface area (Å²) in [5.74, 6) is 1.39. The maximum Gasteiger partial charge on any atom is 0.131 e. The second-order valence-electron chi connectivity index (χ2n) is 4.52. The zero-order valence-corrected chi connectivity index (χ0v) is 11.6. The molecule has 2 rings (SSSR count). The molecule has 0 spiro atoms. The Balaban J connectivity index is 1.84. The van der Waals surface area contributed by atoms with Crippen LogP contribution in [0.25, 0.3) is 0 Å². The Morgan fingerprint density at radius 2 is 1.80 bits per heavy atom. The number of halogens is 1. The summed E-state index contributed by atoms with van der Waals surface area (Å²) in [5.41, 5.74) is 0.968. The Bertz CT molecular complexity index is 545. The number of aromatic nitrogens is 2. The van der Waals surface area contributed by atoms with Crippen molar-refractivity contribution >= 4 is 11.6 Å². The predicted octanol–water partition coefficient (Wildman–Crippen LogP) is 3.09. The molecule has 2 aromatic rings. The summed E-state index contributed by atoms with van der Waals surface area (Å²) >= 11 is 0. The van der Waals surface area contributed by atoms with Crippen molar-refractivity contribution in [2.75, 3.05) is 23.7 Å². The summed E-state index contributed by atoms with van der Waals surface area (Å²) in [5, 5.41) is 6.43. The third-order valence-electron chi connectivity index (χ3n) is 2.83. The predicted molar refractivity (Wildman–Crippen MR) is 79.4 cm³/mol. The maximum atomic E-state index is 13.0. The lowest BCUT2D eigenvalue weighted by molar-refractivity contribution is 0.625. The fraction of sp³-hybridized carbons (Fsp3) is 0.333. The average molecular weight is 274 g/mol. The second-order valence-corrected chi connectivity index (χ2v) is 4.52. The highest BCUT2D eigenvalue weighted by Crippen LogP contribution is 2.09. The molecule has 0 radical (unpaired) electrons. The lowest BCUT2D eigenvalue weighted by Gasteiger charge is -2.08. The molecule has 0 bridgehead atoms. The highest BCUT2D eigenvalue weighted by atomic mass is 19.1. The van der Waals surface area contributed by atoms with Crippen LogP contribution in [0, 0.1) is 5.82 Å². The van der Waals surface area contributed by atoms with Crippen LogP contribution in [0.15, 0.2) is 36.7 Å². The van der Waals surface area contributed by atoms with E-state index in [1.807, 2.05) is 12.1 Å². The molecule has 0 aliphatic rings. The first-order valence-electron chi connectivity index (χ1n) is 6.82. The van der Waals surface area contributed by atoms with E-state index in [0.29, 0.717) is 6.54 Å². The zero-order valence-electron chi connectivity index (χ0n) is 11.6. The van der Waals surface area contributed by atoms with Crippen molar-refractivity contribution in [2.24, 2.45) is 0 Å². The van der Waals surface area contributed by atoms with Gasteiger partial charge in [0.25, 0.3) is 0 Å². The summed E-state index contributed by atoms with van der Waals surface area (Å²) in [7, 11) is 0. The minimum absolute atomic E-state index is 0.199. The first kappa shape index (κ1) is 14.2. The molecule has 0 saturated carbocycles. The molecule has 0 amide bonds. The van der Waals surface area contributed by atoms with Gasteiger partial charge in [0.1, 0.15) is 23.8 Å². The Kier molecular flexibility index (Phi) is 5.29. The Morgan fingerprint density at radius 1 is 1.05 bits per heavy atom. The lowest BCUT2D eigenvalue weighted by atomic mass is 10.1. The molecule has 20 heavy (non-hydrogen) atoms. The molecular weight excluding hydrogens is 255 g/mol. The molecule has 0 aliphatic carbocycles. The quantitative estimate of drug-likeness (QED) is 0.814. The first-order chi connectivity index (χ1) is 9.78. The number of nitrogens with one attached hydrogen (secondary N) is 2. The molecule has 0 atom stereocenters. The molecule has 0 saturated heterocycles. The van der Waals surface area contributed by atoms with Crippen LogP contribution in [0.1, 0.15) is 18.9 Å². The van der Waals surface area contributed by atoms with Gasteiger partial charge in [0, 0.05) is 19.2 Å². The minimum atomic E-state index is -0.199. The van der Waals surface area contributed by atoms with Crippen LogP contribution in [0.5, 0.6) is 0 Å². The molecule has 0 aliphatic heterocycles. The molecule has 106 valence electrons. The van der Waals surface area contributed by atoms with Crippen LogP contribution in [0.4, 0.5) is 16.0 Å². The third-order valence-corrected chi connectivity index (χ3v) is 2.83. The molecule has 1 aromatic carbocycles. The molecule has 4 nitrogen and oxygen atoms in total. The molecule has 5 heteroatoms. The van der Waals surface area contributed by atoms with Gasteiger partial charge in [-0.25, -0.2) is 14.4 Å². The van der Waals surface area contributed by atoms with E-state index in [0.717, 1.165) is 36.6 Å². The van der Waals surface area contributed by atoms with E-state index in [2.05, 4.69) is 27.5 Å². The van der Waals surface area contributed by atoms with Gasteiger partial charge in [-0.15, -0.1) is 0 Å². The van der Waals surface area contributed by atoms with E-state index in [1.54, 1.807) is 12.1 Å². The lowest BCUT2D eigenvalue weighted by Crippen LogP contribution is -2.08. The van der Waals surface area contributed by atoms with Crippen molar-refractivity contribution in [3.8, 4) is 0 Å². The standard InChI is InChI=1S/C15H19FN4/c1-2-7-17-14-10-15(20-11-19-14)18-8-6-12-4-3-5-13(16)9-12/h3-5,9-11H,2,6-8H2,1H3,(H2,17,18,19,20). The van der Waals surface area contributed by atoms with Gasteiger partial charge in [-0.3, -0.25) is 0 Å². The normalized spacial score (nSPS) is 10.3. The molecule has 1 aromatic heterocycles. The van der Waals surface area contributed by atoms with E-state index in [4.69, 9.17) is 0 Å². The van der Waals surface area contributed by atoms with Gasteiger partial charge in [-0.05, 0) is 30.5 Å². The third kappa shape index (κ3) is 4.50.